The molecule has 0 saturated heterocycles. The highest BCUT2D eigenvalue weighted by molar-refractivity contribution is 9.10. The number of aromatic nitrogens is 5. The van der Waals surface area contributed by atoms with Gasteiger partial charge in [-0.3, -0.25) is 4.79 Å². The molecule has 0 bridgehead atoms. The van der Waals surface area contributed by atoms with E-state index in [4.69, 9.17) is 5.26 Å². The van der Waals surface area contributed by atoms with E-state index in [9.17, 15) is 4.79 Å². The van der Waals surface area contributed by atoms with E-state index in [0.29, 0.717) is 16.0 Å². The van der Waals surface area contributed by atoms with Gasteiger partial charge in [0.2, 0.25) is 0 Å². The number of hydrogen-bond donors (Lipinski definition) is 1. The third-order valence-corrected chi connectivity index (χ3v) is 5.00. The summed E-state index contributed by atoms with van der Waals surface area (Å²) in [7, 11) is 0. The molecule has 0 amide bonds. The third-order valence-electron chi connectivity index (χ3n) is 3.60. The molecule has 4 rings (SSSR count). The number of nitriles is 1. The molecule has 1 aromatic carbocycles. The lowest BCUT2D eigenvalue weighted by Gasteiger charge is -2.02. The molecule has 0 spiro atoms. The number of thiophene rings is 1. The summed E-state index contributed by atoms with van der Waals surface area (Å²) in [5.74, 6) is 0.549. The van der Waals surface area contributed by atoms with Gasteiger partial charge in [-0.15, -0.1) is 16.4 Å². The van der Waals surface area contributed by atoms with Crippen molar-refractivity contribution in [3.05, 3.63) is 62.4 Å². The van der Waals surface area contributed by atoms with Gasteiger partial charge in [0.1, 0.15) is 29.6 Å². The topological polar surface area (TPSA) is 100 Å². The number of hydrogen-bond acceptors (Lipinski definition) is 6. The van der Waals surface area contributed by atoms with Crippen LogP contribution in [0.3, 0.4) is 0 Å². The van der Waals surface area contributed by atoms with E-state index in [2.05, 4.69) is 36.0 Å². The van der Waals surface area contributed by atoms with Gasteiger partial charge in [0.05, 0.1) is 5.39 Å². The number of aromatic amines is 1. The van der Waals surface area contributed by atoms with Gasteiger partial charge in [0.15, 0.2) is 0 Å². The smallest absolute Gasteiger partial charge is 0.260 e. The van der Waals surface area contributed by atoms with Gasteiger partial charge in [-0.05, 0) is 17.7 Å². The number of nitrogens with one attached hydrogen (secondary N) is 1. The second-order valence-electron chi connectivity index (χ2n) is 5.23. The van der Waals surface area contributed by atoms with Crippen LogP contribution in [0.25, 0.3) is 21.3 Å². The fourth-order valence-electron chi connectivity index (χ4n) is 2.49. The predicted molar refractivity (Wildman–Crippen MR) is 97.2 cm³/mol. The number of nitrogens with zero attached hydrogens (tertiary/aromatic N) is 5. The molecule has 0 unspecified atom stereocenters. The van der Waals surface area contributed by atoms with Crippen LogP contribution in [-0.4, -0.2) is 24.7 Å². The lowest BCUT2D eigenvalue weighted by atomic mass is 10.1. The first-order chi connectivity index (χ1) is 12.1. The molecule has 0 atom stereocenters. The molecule has 1 N–H and O–H groups in total. The van der Waals surface area contributed by atoms with Gasteiger partial charge in [0.25, 0.3) is 11.4 Å². The maximum atomic E-state index is 12.6. The zero-order valence-electron chi connectivity index (χ0n) is 12.6. The van der Waals surface area contributed by atoms with E-state index in [0.717, 1.165) is 15.6 Å². The molecule has 0 fully saturated rings. The summed E-state index contributed by atoms with van der Waals surface area (Å²) < 4.78 is 2.45. The van der Waals surface area contributed by atoms with Gasteiger partial charge in [-0.1, -0.05) is 28.1 Å². The summed E-state index contributed by atoms with van der Waals surface area (Å²) >= 11 is 4.83. The van der Waals surface area contributed by atoms with Crippen LogP contribution in [0.15, 0.2) is 45.2 Å². The van der Waals surface area contributed by atoms with Crippen molar-refractivity contribution in [2.45, 2.75) is 6.54 Å². The van der Waals surface area contributed by atoms with Gasteiger partial charge < -0.3 is 4.98 Å². The largest absolute Gasteiger partial charge is 0.308 e. The molecule has 3 heterocycles. The summed E-state index contributed by atoms with van der Waals surface area (Å²) in [5, 5.41) is 15.3. The van der Waals surface area contributed by atoms with Gasteiger partial charge in [-0.2, -0.15) is 5.26 Å². The first-order valence-electron chi connectivity index (χ1n) is 7.20. The van der Waals surface area contributed by atoms with Crippen molar-refractivity contribution in [1.82, 2.24) is 24.7 Å². The zero-order valence-corrected chi connectivity index (χ0v) is 15.0. The zero-order chi connectivity index (χ0) is 17.4. The van der Waals surface area contributed by atoms with Crippen molar-refractivity contribution in [3.8, 4) is 17.2 Å². The Hall–Kier alpha value is -2.83. The number of halogens is 1. The molecular formula is C16H9BrN6OS. The van der Waals surface area contributed by atoms with Crippen molar-refractivity contribution < 1.29 is 0 Å². The maximum absolute atomic E-state index is 12.6. The molecule has 0 aliphatic heterocycles. The minimum atomic E-state index is -0.195. The second-order valence-corrected chi connectivity index (χ2v) is 7.00. The number of benzene rings is 1. The lowest BCUT2D eigenvalue weighted by molar-refractivity contribution is 0.652. The van der Waals surface area contributed by atoms with E-state index in [1.54, 1.807) is 0 Å². The molecule has 7 nitrogen and oxygen atoms in total. The van der Waals surface area contributed by atoms with E-state index in [1.807, 2.05) is 35.7 Å². The highest BCUT2D eigenvalue weighted by Gasteiger charge is 2.13. The standard InChI is InChI=1S/C16H9BrN6OS/c17-10-3-1-9(2-4-10)11-7-25-16-14(11)15(24)20-13(21-16)6-23-8-19-12(5-18)22-23/h1-4,7-8H,6H2,(H,20,21,24). The highest BCUT2D eigenvalue weighted by atomic mass is 79.9. The average molecular weight is 413 g/mol. The van der Waals surface area contributed by atoms with E-state index < -0.39 is 0 Å². The summed E-state index contributed by atoms with van der Waals surface area (Å²) in [6.07, 6.45) is 1.43. The molecule has 3 aromatic heterocycles. The predicted octanol–water partition coefficient (Wildman–Crippen LogP) is 2.93. The number of H-pyrrole nitrogens is 1. The molecule has 122 valence electrons. The SMILES string of the molecule is N#Cc1ncn(Cc2nc3scc(-c4ccc(Br)cc4)c3c(=O)[nH]2)n1. The second kappa shape index (κ2) is 6.23. The molecule has 4 aromatic rings. The quantitative estimate of drug-likeness (QED) is 0.557. The third kappa shape index (κ3) is 2.97. The first-order valence-corrected chi connectivity index (χ1v) is 8.87. The van der Waals surface area contributed by atoms with Crippen LogP contribution >= 0.6 is 27.3 Å². The van der Waals surface area contributed by atoms with Crippen molar-refractivity contribution in [3.63, 3.8) is 0 Å². The number of rotatable bonds is 3. The Balaban J connectivity index is 1.75. The molecule has 0 aliphatic carbocycles. The van der Waals surface area contributed by atoms with Crippen molar-refractivity contribution in [2.75, 3.05) is 0 Å². The van der Waals surface area contributed by atoms with Crippen molar-refractivity contribution in [1.29, 1.82) is 5.26 Å². The van der Waals surface area contributed by atoms with E-state index >= 15 is 0 Å². The summed E-state index contributed by atoms with van der Waals surface area (Å²) in [4.78, 5) is 24.4. The number of fused-ring (bicyclic) bond motifs is 1. The van der Waals surface area contributed by atoms with Crippen LogP contribution in [-0.2, 0) is 6.54 Å². The molecular weight excluding hydrogens is 404 g/mol. The lowest BCUT2D eigenvalue weighted by Crippen LogP contribution is -2.14. The van der Waals surface area contributed by atoms with E-state index in [-0.39, 0.29) is 17.9 Å². The first kappa shape index (κ1) is 15.7. The Kier molecular flexibility index (Phi) is 3.91. The van der Waals surface area contributed by atoms with E-state index in [1.165, 1.54) is 22.3 Å². The molecule has 9 heteroatoms. The fraction of sp³-hybridized carbons (Fsp3) is 0.0625. The van der Waals surface area contributed by atoms with Crippen LogP contribution in [0, 0.1) is 11.3 Å². The fourth-order valence-corrected chi connectivity index (χ4v) is 3.72. The van der Waals surface area contributed by atoms with Crippen molar-refractivity contribution in [2.24, 2.45) is 0 Å². The van der Waals surface area contributed by atoms with Crippen LogP contribution in [0.2, 0.25) is 0 Å². The maximum Gasteiger partial charge on any atom is 0.260 e. The normalized spacial score (nSPS) is 10.9. The van der Waals surface area contributed by atoms with Gasteiger partial charge in [-0.25, -0.2) is 14.6 Å². The monoisotopic (exact) mass is 412 g/mol. The summed E-state index contributed by atoms with van der Waals surface area (Å²) in [6.45, 7) is 0.241. The minimum Gasteiger partial charge on any atom is -0.308 e. The van der Waals surface area contributed by atoms with Crippen LogP contribution < -0.4 is 5.56 Å². The molecule has 0 radical (unpaired) electrons. The Morgan fingerprint density at radius 2 is 2.12 bits per heavy atom. The van der Waals surface area contributed by atoms with Crippen LogP contribution in [0.1, 0.15) is 11.6 Å². The molecule has 0 saturated carbocycles. The highest BCUT2D eigenvalue weighted by Crippen LogP contribution is 2.31. The Labute approximate surface area is 153 Å². The van der Waals surface area contributed by atoms with Crippen LogP contribution in [0.4, 0.5) is 0 Å². The van der Waals surface area contributed by atoms with Crippen molar-refractivity contribution >= 4 is 37.5 Å². The molecule has 25 heavy (non-hydrogen) atoms. The Bertz CT molecular complexity index is 1170. The average Bonchev–Trinajstić information content (AvgIpc) is 3.22. The molecule has 0 aliphatic rings. The van der Waals surface area contributed by atoms with Crippen LogP contribution in [0.5, 0.6) is 0 Å². The summed E-state index contributed by atoms with van der Waals surface area (Å²) in [5.41, 5.74) is 1.63. The minimum absolute atomic E-state index is 0.0806. The Morgan fingerprint density at radius 3 is 2.84 bits per heavy atom. The summed E-state index contributed by atoms with van der Waals surface area (Å²) in [6, 6.07) is 9.65. The van der Waals surface area contributed by atoms with Gasteiger partial charge >= 0.3 is 0 Å². The van der Waals surface area contributed by atoms with Gasteiger partial charge in [0, 0.05) is 15.4 Å². The Morgan fingerprint density at radius 1 is 1.32 bits per heavy atom.